The van der Waals surface area contributed by atoms with Crippen molar-refractivity contribution in [1.29, 1.82) is 0 Å². The molecule has 0 bridgehead atoms. The molecule has 4 heteroatoms. The van der Waals surface area contributed by atoms with E-state index in [0.717, 1.165) is 72.3 Å². The Morgan fingerprint density at radius 3 is 1.63 bits per heavy atom. The van der Waals surface area contributed by atoms with Crippen LogP contribution in [0.1, 0.15) is 0 Å². The lowest BCUT2D eigenvalue weighted by Gasteiger charge is -2.13. The predicted molar refractivity (Wildman–Crippen MR) is 200 cm³/mol. The first-order valence-electron chi connectivity index (χ1n) is 16.3. The summed E-state index contributed by atoms with van der Waals surface area (Å²) in [6.07, 6.45) is 3.63. The molecule has 3 aromatic heterocycles. The molecule has 0 fully saturated rings. The van der Waals surface area contributed by atoms with Gasteiger partial charge in [0.05, 0.1) is 11.4 Å². The van der Waals surface area contributed by atoms with Crippen LogP contribution in [0.25, 0.3) is 89.2 Å². The van der Waals surface area contributed by atoms with Crippen molar-refractivity contribution in [2.75, 3.05) is 0 Å². The Morgan fingerprint density at radius 2 is 0.898 bits per heavy atom. The summed E-state index contributed by atoms with van der Waals surface area (Å²) in [5, 5.41) is 2.20. The average Bonchev–Trinajstić information content (AvgIpc) is 3.57. The number of furan rings is 1. The molecule has 0 spiro atoms. The van der Waals surface area contributed by atoms with Crippen molar-refractivity contribution in [3.05, 3.63) is 176 Å². The number of nitrogens with zero attached hydrogens (tertiary/aromatic N) is 3. The Labute approximate surface area is 284 Å². The van der Waals surface area contributed by atoms with Crippen molar-refractivity contribution in [3.8, 4) is 67.3 Å². The third kappa shape index (κ3) is 5.56. The summed E-state index contributed by atoms with van der Waals surface area (Å²) < 4.78 is 6.17. The van der Waals surface area contributed by atoms with E-state index in [1.807, 2.05) is 66.9 Å². The van der Waals surface area contributed by atoms with Gasteiger partial charge in [-0.15, -0.1) is 0 Å². The molecular formula is C45H29N3O. The van der Waals surface area contributed by atoms with Crippen molar-refractivity contribution in [2.24, 2.45) is 0 Å². The van der Waals surface area contributed by atoms with Gasteiger partial charge in [0.15, 0.2) is 5.82 Å². The number of hydrogen-bond acceptors (Lipinski definition) is 4. The van der Waals surface area contributed by atoms with Crippen molar-refractivity contribution in [1.82, 2.24) is 15.0 Å². The van der Waals surface area contributed by atoms with Gasteiger partial charge in [0, 0.05) is 39.9 Å². The molecule has 0 aliphatic heterocycles. The molecular weight excluding hydrogens is 599 g/mol. The zero-order valence-electron chi connectivity index (χ0n) is 26.5. The second-order valence-electron chi connectivity index (χ2n) is 12.1. The fourth-order valence-corrected chi connectivity index (χ4v) is 6.47. The van der Waals surface area contributed by atoms with Gasteiger partial charge in [-0.1, -0.05) is 109 Å². The van der Waals surface area contributed by atoms with Gasteiger partial charge in [-0.25, -0.2) is 9.97 Å². The lowest BCUT2D eigenvalue weighted by atomic mass is 9.93. The van der Waals surface area contributed by atoms with Crippen LogP contribution in [0.2, 0.25) is 0 Å². The van der Waals surface area contributed by atoms with E-state index in [0.29, 0.717) is 5.82 Å². The van der Waals surface area contributed by atoms with Gasteiger partial charge >= 0.3 is 0 Å². The Morgan fingerprint density at radius 1 is 0.347 bits per heavy atom. The summed E-state index contributed by atoms with van der Waals surface area (Å²) in [6, 6.07) is 56.8. The van der Waals surface area contributed by atoms with E-state index < -0.39 is 0 Å². The normalized spacial score (nSPS) is 11.3. The van der Waals surface area contributed by atoms with E-state index in [1.54, 1.807) is 6.20 Å². The zero-order valence-corrected chi connectivity index (χ0v) is 26.5. The minimum atomic E-state index is 0.669. The van der Waals surface area contributed by atoms with Gasteiger partial charge in [0.1, 0.15) is 11.2 Å². The molecule has 0 unspecified atom stereocenters. The molecule has 9 rings (SSSR count). The quantitative estimate of drug-likeness (QED) is 0.184. The number of hydrogen-bond donors (Lipinski definition) is 0. The van der Waals surface area contributed by atoms with Gasteiger partial charge in [-0.2, -0.15) is 0 Å². The maximum absolute atomic E-state index is 6.17. The number of pyridine rings is 1. The molecule has 6 aromatic carbocycles. The third-order valence-electron chi connectivity index (χ3n) is 8.98. The molecule has 49 heavy (non-hydrogen) atoms. The lowest BCUT2D eigenvalue weighted by Crippen LogP contribution is -1.96. The monoisotopic (exact) mass is 627 g/mol. The Hall–Kier alpha value is -6.65. The van der Waals surface area contributed by atoms with Crippen LogP contribution in [0.5, 0.6) is 0 Å². The molecule has 9 aromatic rings. The van der Waals surface area contributed by atoms with Crippen molar-refractivity contribution in [3.63, 3.8) is 0 Å². The molecule has 0 N–H and O–H groups in total. The maximum atomic E-state index is 6.17. The number of benzene rings is 6. The summed E-state index contributed by atoms with van der Waals surface area (Å²) in [4.78, 5) is 14.5. The molecule has 0 saturated heterocycles. The van der Waals surface area contributed by atoms with E-state index in [4.69, 9.17) is 14.4 Å². The van der Waals surface area contributed by atoms with Gasteiger partial charge in [0.25, 0.3) is 0 Å². The summed E-state index contributed by atoms with van der Waals surface area (Å²) >= 11 is 0. The minimum Gasteiger partial charge on any atom is -0.456 e. The van der Waals surface area contributed by atoms with Gasteiger partial charge in [-0.3, -0.25) is 4.98 Å². The largest absolute Gasteiger partial charge is 0.456 e. The lowest BCUT2D eigenvalue weighted by molar-refractivity contribution is 0.669. The van der Waals surface area contributed by atoms with Crippen LogP contribution in [0.15, 0.2) is 181 Å². The number of aromatic nitrogens is 3. The summed E-state index contributed by atoms with van der Waals surface area (Å²) in [6.45, 7) is 0. The third-order valence-corrected chi connectivity index (χ3v) is 8.98. The van der Waals surface area contributed by atoms with E-state index >= 15 is 0 Å². The van der Waals surface area contributed by atoms with Gasteiger partial charge in [-0.05, 0) is 88.0 Å². The predicted octanol–water partition coefficient (Wildman–Crippen LogP) is 11.8. The highest BCUT2D eigenvalue weighted by Crippen LogP contribution is 2.37. The van der Waals surface area contributed by atoms with Crippen LogP contribution in [0, 0.1) is 0 Å². The van der Waals surface area contributed by atoms with Crippen LogP contribution in [0.4, 0.5) is 0 Å². The summed E-state index contributed by atoms with van der Waals surface area (Å²) in [5.74, 6) is 0.669. The zero-order chi connectivity index (χ0) is 32.6. The standard InChI is InChI=1S/C45H29N3O/c1-3-10-30(11-4-1)31-17-19-32(20-18-31)36-24-37(34-21-22-44-40(27-34)39-15-7-8-16-43(39)49-44)26-38(25-36)42-28-41(35-14-9-23-46-29-35)47-45(48-42)33-12-5-2-6-13-33/h1-29H. The van der Waals surface area contributed by atoms with Gasteiger partial charge in [0.2, 0.25) is 0 Å². The molecule has 0 amide bonds. The Bertz CT molecular complexity index is 2520. The molecule has 0 aliphatic rings. The first kappa shape index (κ1) is 28.6. The number of fused-ring (bicyclic) bond motifs is 3. The second kappa shape index (κ2) is 12.2. The van der Waals surface area contributed by atoms with Crippen LogP contribution < -0.4 is 0 Å². The summed E-state index contributed by atoms with van der Waals surface area (Å²) in [5.41, 5.74) is 13.1. The first-order chi connectivity index (χ1) is 24.2. The SMILES string of the molecule is c1ccc(-c2ccc(-c3cc(-c4ccc5oc6ccccc6c5c4)cc(-c4cc(-c5cccnc5)nc(-c5ccccc5)n4)c3)cc2)cc1. The molecule has 3 heterocycles. The molecule has 0 aliphatic carbocycles. The fourth-order valence-electron chi connectivity index (χ4n) is 6.47. The van der Waals surface area contributed by atoms with E-state index in [-0.39, 0.29) is 0 Å². The van der Waals surface area contributed by atoms with Crippen LogP contribution in [-0.2, 0) is 0 Å². The fraction of sp³-hybridized carbons (Fsp3) is 0. The van der Waals surface area contributed by atoms with Crippen LogP contribution in [-0.4, -0.2) is 15.0 Å². The van der Waals surface area contributed by atoms with Crippen LogP contribution >= 0.6 is 0 Å². The highest BCUT2D eigenvalue weighted by atomic mass is 16.3. The molecule has 230 valence electrons. The maximum Gasteiger partial charge on any atom is 0.160 e. The molecule has 0 radical (unpaired) electrons. The Kier molecular flexibility index (Phi) is 7.10. The average molecular weight is 628 g/mol. The molecule has 4 nitrogen and oxygen atoms in total. The molecule has 0 saturated carbocycles. The number of para-hydroxylation sites is 1. The van der Waals surface area contributed by atoms with Crippen molar-refractivity contribution < 1.29 is 4.42 Å². The topological polar surface area (TPSA) is 51.8 Å². The molecule has 0 atom stereocenters. The van der Waals surface area contributed by atoms with E-state index in [9.17, 15) is 0 Å². The Balaban J connectivity index is 1.24. The number of rotatable bonds is 6. The van der Waals surface area contributed by atoms with E-state index in [2.05, 4.69) is 108 Å². The minimum absolute atomic E-state index is 0.669. The smallest absolute Gasteiger partial charge is 0.160 e. The highest BCUT2D eigenvalue weighted by molar-refractivity contribution is 6.06. The second-order valence-corrected chi connectivity index (χ2v) is 12.1. The van der Waals surface area contributed by atoms with Crippen molar-refractivity contribution in [2.45, 2.75) is 0 Å². The first-order valence-corrected chi connectivity index (χ1v) is 16.3. The van der Waals surface area contributed by atoms with E-state index in [1.165, 1.54) is 11.1 Å². The summed E-state index contributed by atoms with van der Waals surface area (Å²) in [7, 11) is 0. The van der Waals surface area contributed by atoms with Crippen LogP contribution in [0.3, 0.4) is 0 Å². The van der Waals surface area contributed by atoms with Crippen molar-refractivity contribution >= 4 is 21.9 Å². The van der Waals surface area contributed by atoms with Gasteiger partial charge < -0.3 is 4.42 Å². The highest BCUT2D eigenvalue weighted by Gasteiger charge is 2.15.